The molecule has 0 spiro atoms. The Morgan fingerprint density at radius 1 is 1.00 bits per heavy atom. The molecule has 0 aliphatic heterocycles. The highest BCUT2D eigenvalue weighted by Gasteiger charge is 1.89. The Morgan fingerprint density at radius 2 is 1.67 bits per heavy atom. The van der Waals surface area contributed by atoms with Crippen LogP contribution in [0.5, 0.6) is 0 Å². The van der Waals surface area contributed by atoms with Crippen LogP contribution in [0.1, 0.15) is 39.0 Å². The second kappa shape index (κ2) is 10.9. The molecule has 2 heteroatoms. The summed E-state index contributed by atoms with van der Waals surface area (Å²) in [5.41, 5.74) is 0. The molecule has 0 saturated carbocycles. The van der Waals surface area contributed by atoms with Crippen molar-refractivity contribution in [2.24, 2.45) is 0 Å². The van der Waals surface area contributed by atoms with Gasteiger partial charge in [-0.25, -0.2) is 0 Å². The fraction of sp³-hybridized carbons (Fsp3) is 1.00. The minimum atomic E-state index is 0.861. The molecule has 0 atom stereocenters. The van der Waals surface area contributed by atoms with Crippen molar-refractivity contribution in [2.45, 2.75) is 39.0 Å². The van der Waals surface area contributed by atoms with Crippen LogP contribution in [-0.2, 0) is 4.74 Å². The smallest absolute Gasteiger partial charge is 0.0465 e. The zero-order valence-electron chi connectivity index (χ0n) is 8.57. The normalized spacial score (nSPS) is 10.5. The van der Waals surface area contributed by atoms with E-state index in [1.54, 1.807) is 0 Å². The van der Waals surface area contributed by atoms with Crippen molar-refractivity contribution < 1.29 is 4.74 Å². The van der Waals surface area contributed by atoms with Crippen molar-refractivity contribution >= 4 is 0 Å². The van der Waals surface area contributed by atoms with Gasteiger partial charge in [-0.05, 0) is 33.4 Å². The summed E-state index contributed by atoms with van der Waals surface area (Å²) in [7, 11) is 2.01. The lowest BCUT2D eigenvalue weighted by molar-refractivity contribution is 0.143. The molecular weight excluding hydrogens is 150 g/mol. The molecule has 0 radical (unpaired) electrons. The van der Waals surface area contributed by atoms with Gasteiger partial charge in [-0.1, -0.05) is 19.3 Å². The van der Waals surface area contributed by atoms with Crippen molar-refractivity contribution in [1.29, 1.82) is 0 Å². The molecule has 0 unspecified atom stereocenters. The summed E-state index contributed by atoms with van der Waals surface area (Å²) < 4.78 is 5.25. The molecule has 0 fully saturated rings. The van der Waals surface area contributed by atoms with Gasteiger partial charge in [0.15, 0.2) is 0 Å². The second-order valence-electron chi connectivity index (χ2n) is 3.07. The van der Waals surface area contributed by atoms with Gasteiger partial charge in [0.25, 0.3) is 0 Å². The Bertz CT molecular complexity index is 66.2. The van der Waals surface area contributed by atoms with E-state index >= 15 is 0 Å². The first-order valence-corrected chi connectivity index (χ1v) is 5.14. The van der Waals surface area contributed by atoms with Gasteiger partial charge >= 0.3 is 0 Å². The fourth-order valence-electron chi connectivity index (χ4n) is 1.18. The fourth-order valence-corrected chi connectivity index (χ4v) is 1.18. The van der Waals surface area contributed by atoms with Gasteiger partial charge in [0.1, 0.15) is 0 Å². The average Bonchev–Trinajstić information content (AvgIpc) is 2.10. The zero-order valence-corrected chi connectivity index (χ0v) is 8.57. The zero-order chi connectivity index (χ0) is 9.07. The molecule has 0 rings (SSSR count). The van der Waals surface area contributed by atoms with Crippen LogP contribution in [0.4, 0.5) is 0 Å². The summed E-state index contributed by atoms with van der Waals surface area (Å²) in [6, 6.07) is 0. The Kier molecular flexibility index (Phi) is 10.8. The molecule has 0 saturated heterocycles. The van der Waals surface area contributed by atoms with Crippen LogP contribution >= 0.6 is 0 Å². The largest absolute Gasteiger partial charge is 0.382 e. The number of hydrogen-bond acceptors (Lipinski definition) is 2. The Morgan fingerprint density at radius 3 is 2.33 bits per heavy atom. The van der Waals surface area contributed by atoms with E-state index < -0.39 is 0 Å². The average molecular weight is 173 g/mol. The molecule has 0 aromatic carbocycles. The summed E-state index contributed by atoms with van der Waals surface area (Å²) in [4.78, 5) is 0. The van der Waals surface area contributed by atoms with E-state index in [4.69, 9.17) is 4.74 Å². The second-order valence-corrected chi connectivity index (χ2v) is 3.07. The summed E-state index contributed by atoms with van der Waals surface area (Å²) in [5, 5.41) is 3.15. The molecule has 74 valence electrons. The predicted molar refractivity (Wildman–Crippen MR) is 53.5 cm³/mol. The molecule has 1 N–H and O–H groups in total. The number of ether oxygens (including phenoxy) is 1. The monoisotopic (exact) mass is 173 g/mol. The van der Waals surface area contributed by atoms with Crippen molar-refractivity contribution in [3.8, 4) is 0 Å². The van der Waals surface area contributed by atoms with Gasteiger partial charge in [-0.3, -0.25) is 0 Å². The third kappa shape index (κ3) is 9.92. The summed E-state index contributed by atoms with van der Waals surface area (Å²) in [5.74, 6) is 0. The first-order valence-electron chi connectivity index (χ1n) is 5.14. The van der Waals surface area contributed by atoms with Crippen molar-refractivity contribution in [3.05, 3.63) is 0 Å². The van der Waals surface area contributed by atoms with Crippen LogP contribution in [0.25, 0.3) is 0 Å². The topological polar surface area (TPSA) is 21.3 Å². The molecule has 0 aliphatic carbocycles. The van der Waals surface area contributed by atoms with E-state index in [0.717, 1.165) is 19.8 Å². The maximum absolute atomic E-state index is 5.25. The molecule has 12 heavy (non-hydrogen) atoms. The van der Waals surface area contributed by atoms with Crippen LogP contribution in [-0.4, -0.2) is 26.8 Å². The van der Waals surface area contributed by atoms with Crippen molar-refractivity contribution in [2.75, 3.05) is 26.8 Å². The standard InChI is InChI=1S/C10H23NO/c1-3-12-10-8-6-4-5-7-9-11-2/h11H,3-10H2,1-2H3. The lowest BCUT2D eigenvalue weighted by atomic mass is 10.1. The molecular formula is C10H23NO. The summed E-state index contributed by atoms with van der Waals surface area (Å²) in [6.45, 7) is 5.01. The number of nitrogens with one attached hydrogen (secondary N) is 1. The van der Waals surface area contributed by atoms with Gasteiger partial charge in [0.05, 0.1) is 0 Å². The van der Waals surface area contributed by atoms with E-state index in [-0.39, 0.29) is 0 Å². The third-order valence-corrected chi connectivity index (χ3v) is 1.92. The maximum Gasteiger partial charge on any atom is 0.0465 e. The first-order chi connectivity index (χ1) is 5.91. The van der Waals surface area contributed by atoms with E-state index in [9.17, 15) is 0 Å². The first kappa shape index (κ1) is 11.9. The van der Waals surface area contributed by atoms with Crippen LogP contribution in [0.3, 0.4) is 0 Å². The molecule has 2 nitrogen and oxygen atoms in total. The predicted octanol–water partition coefficient (Wildman–Crippen LogP) is 2.19. The quantitative estimate of drug-likeness (QED) is 0.540. The summed E-state index contributed by atoms with van der Waals surface area (Å²) in [6.07, 6.45) is 6.57. The van der Waals surface area contributed by atoms with E-state index in [1.807, 2.05) is 14.0 Å². The van der Waals surface area contributed by atoms with Gasteiger partial charge < -0.3 is 10.1 Å². The molecule has 0 amide bonds. The Labute approximate surface area is 76.7 Å². The number of rotatable bonds is 9. The Balaban J connectivity index is 2.73. The minimum absolute atomic E-state index is 0.861. The molecule has 0 aliphatic rings. The highest BCUT2D eigenvalue weighted by Crippen LogP contribution is 2.02. The number of unbranched alkanes of at least 4 members (excludes halogenated alkanes) is 4. The number of hydrogen-bond donors (Lipinski definition) is 1. The van der Waals surface area contributed by atoms with Crippen LogP contribution in [0, 0.1) is 0 Å². The van der Waals surface area contributed by atoms with E-state index in [0.29, 0.717) is 0 Å². The highest BCUT2D eigenvalue weighted by molar-refractivity contribution is 4.45. The van der Waals surface area contributed by atoms with Crippen LogP contribution < -0.4 is 5.32 Å². The van der Waals surface area contributed by atoms with Gasteiger partial charge in [0.2, 0.25) is 0 Å². The lowest BCUT2D eigenvalue weighted by Gasteiger charge is -2.01. The van der Waals surface area contributed by atoms with Gasteiger partial charge in [-0.2, -0.15) is 0 Å². The van der Waals surface area contributed by atoms with Crippen LogP contribution in [0.15, 0.2) is 0 Å². The maximum atomic E-state index is 5.25. The van der Waals surface area contributed by atoms with E-state index in [1.165, 1.54) is 32.1 Å². The van der Waals surface area contributed by atoms with Gasteiger partial charge in [-0.15, -0.1) is 0 Å². The minimum Gasteiger partial charge on any atom is -0.382 e. The van der Waals surface area contributed by atoms with Gasteiger partial charge in [0, 0.05) is 13.2 Å². The van der Waals surface area contributed by atoms with Crippen molar-refractivity contribution in [1.82, 2.24) is 5.32 Å². The van der Waals surface area contributed by atoms with Crippen molar-refractivity contribution in [3.63, 3.8) is 0 Å². The molecule has 0 heterocycles. The lowest BCUT2D eigenvalue weighted by Crippen LogP contribution is -2.06. The SMILES string of the molecule is CCOCCCCCCCNC. The third-order valence-electron chi connectivity index (χ3n) is 1.92. The van der Waals surface area contributed by atoms with E-state index in [2.05, 4.69) is 5.32 Å². The summed E-state index contributed by atoms with van der Waals surface area (Å²) >= 11 is 0. The molecule has 0 aromatic heterocycles. The highest BCUT2D eigenvalue weighted by atomic mass is 16.5. The molecule has 0 aromatic rings. The Hall–Kier alpha value is -0.0800. The molecule has 0 bridgehead atoms. The van der Waals surface area contributed by atoms with Crippen LogP contribution in [0.2, 0.25) is 0 Å².